The number of carbonyl (C=O) groups is 2. The van der Waals surface area contributed by atoms with E-state index in [9.17, 15) is 9.59 Å². The highest BCUT2D eigenvalue weighted by atomic mass is 16.5. The standard InChI is InChI=1S/C24H33N3O5/c1-5-31-23(28)22-16(2)21(17(3)26-22)15-27(14-18-8-10-19(30-4)11-9-18)24(29)25-13-20-7-6-12-32-20/h8-11,20,26H,5-7,12-15H2,1-4H3,(H,25,29). The van der Waals surface area contributed by atoms with Crippen molar-refractivity contribution in [2.24, 2.45) is 0 Å². The van der Waals surface area contributed by atoms with Crippen LogP contribution in [-0.2, 0) is 22.6 Å². The third-order valence-electron chi connectivity index (χ3n) is 5.75. The summed E-state index contributed by atoms with van der Waals surface area (Å²) in [6, 6.07) is 7.47. The summed E-state index contributed by atoms with van der Waals surface area (Å²) in [6.07, 6.45) is 2.04. The lowest BCUT2D eigenvalue weighted by Crippen LogP contribution is -2.42. The zero-order chi connectivity index (χ0) is 23.1. The Kier molecular flexibility index (Phi) is 8.16. The van der Waals surface area contributed by atoms with E-state index in [4.69, 9.17) is 14.2 Å². The predicted octanol–water partition coefficient (Wildman–Crippen LogP) is 3.71. The molecule has 1 aliphatic heterocycles. The summed E-state index contributed by atoms with van der Waals surface area (Å²) < 4.78 is 16.0. The van der Waals surface area contributed by atoms with E-state index in [2.05, 4.69) is 10.3 Å². The van der Waals surface area contributed by atoms with Gasteiger partial charge in [-0.1, -0.05) is 12.1 Å². The van der Waals surface area contributed by atoms with Crippen LogP contribution in [-0.4, -0.2) is 54.9 Å². The fourth-order valence-electron chi connectivity index (χ4n) is 3.89. The minimum Gasteiger partial charge on any atom is -0.497 e. The van der Waals surface area contributed by atoms with E-state index < -0.39 is 0 Å². The molecule has 2 amide bonds. The SMILES string of the molecule is CCOC(=O)c1[nH]c(C)c(CN(Cc2ccc(OC)cc2)C(=O)NCC2CCCO2)c1C. The van der Waals surface area contributed by atoms with Gasteiger partial charge in [-0.05, 0) is 62.4 Å². The molecule has 174 valence electrons. The number of benzene rings is 1. The lowest BCUT2D eigenvalue weighted by molar-refractivity contribution is 0.0519. The second-order valence-corrected chi connectivity index (χ2v) is 7.97. The van der Waals surface area contributed by atoms with Crippen molar-refractivity contribution >= 4 is 12.0 Å². The smallest absolute Gasteiger partial charge is 0.355 e. The molecule has 1 aromatic heterocycles. The van der Waals surface area contributed by atoms with Crippen molar-refractivity contribution in [3.63, 3.8) is 0 Å². The third kappa shape index (κ3) is 5.82. The Bertz CT molecular complexity index is 916. The Labute approximate surface area is 189 Å². The molecule has 2 aromatic rings. The van der Waals surface area contributed by atoms with E-state index >= 15 is 0 Å². The Morgan fingerprint density at radius 3 is 2.59 bits per heavy atom. The van der Waals surface area contributed by atoms with Gasteiger partial charge in [0.15, 0.2) is 0 Å². The first-order valence-electron chi connectivity index (χ1n) is 11.0. The number of urea groups is 1. The van der Waals surface area contributed by atoms with E-state index in [-0.39, 0.29) is 18.1 Å². The van der Waals surface area contributed by atoms with Gasteiger partial charge in [0.25, 0.3) is 0 Å². The van der Waals surface area contributed by atoms with Gasteiger partial charge in [0, 0.05) is 31.9 Å². The number of ether oxygens (including phenoxy) is 3. The van der Waals surface area contributed by atoms with Gasteiger partial charge in [-0.25, -0.2) is 9.59 Å². The second kappa shape index (κ2) is 11.0. The molecule has 1 aromatic carbocycles. The molecule has 1 fully saturated rings. The number of esters is 1. The molecule has 2 heterocycles. The average molecular weight is 444 g/mol. The Hall–Kier alpha value is -3.00. The highest BCUT2D eigenvalue weighted by Crippen LogP contribution is 2.22. The minimum atomic E-state index is -0.385. The number of aryl methyl sites for hydroxylation is 1. The third-order valence-corrected chi connectivity index (χ3v) is 5.75. The summed E-state index contributed by atoms with van der Waals surface area (Å²) in [4.78, 5) is 30.3. The number of aromatic nitrogens is 1. The normalized spacial score (nSPS) is 15.4. The Balaban J connectivity index is 1.79. The molecule has 3 rings (SSSR count). The highest BCUT2D eigenvalue weighted by Gasteiger charge is 2.24. The first-order valence-corrected chi connectivity index (χ1v) is 11.0. The number of H-pyrrole nitrogens is 1. The van der Waals surface area contributed by atoms with Crippen LogP contribution in [0.4, 0.5) is 4.79 Å². The Morgan fingerprint density at radius 1 is 1.22 bits per heavy atom. The monoisotopic (exact) mass is 443 g/mol. The molecule has 8 heteroatoms. The largest absolute Gasteiger partial charge is 0.497 e. The number of amides is 2. The van der Waals surface area contributed by atoms with Gasteiger partial charge in [0.05, 0.1) is 19.8 Å². The molecule has 1 atom stereocenters. The minimum absolute atomic E-state index is 0.0629. The number of rotatable bonds is 9. The van der Waals surface area contributed by atoms with Crippen molar-refractivity contribution in [2.45, 2.75) is 52.8 Å². The van der Waals surface area contributed by atoms with E-state index in [0.29, 0.717) is 31.9 Å². The number of aromatic amines is 1. The first kappa shape index (κ1) is 23.7. The molecule has 0 bridgehead atoms. The summed E-state index contributed by atoms with van der Waals surface area (Å²) >= 11 is 0. The summed E-state index contributed by atoms with van der Waals surface area (Å²) in [5.74, 6) is 0.378. The number of nitrogens with zero attached hydrogens (tertiary/aromatic N) is 1. The number of hydrogen-bond donors (Lipinski definition) is 2. The zero-order valence-corrected chi connectivity index (χ0v) is 19.3. The lowest BCUT2D eigenvalue weighted by Gasteiger charge is -2.25. The maximum atomic E-state index is 13.1. The molecule has 1 unspecified atom stereocenters. The topological polar surface area (TPSA) is 92.9 Å². The van der Waals surface area contributed by atoms with Gasteiger partial charge >= 0.3 is 12.0 Å². The first-order chi connectivity index (χ1) is 15.4. The molecular weight excluding hydrogens is 410 g/mol. The lowest BCUT2D eigenvalue weighted by atomic mass is 10.1. The van der Waals surface area contributed by atoms with Crippen LogP contribution in [0.1, 0.15) is 52.6 Å². The van der Waals surface area contributed by atoms with Crippen LogP contribution >= 0.6 is 0 Å². The number of nitrogens with one attached hydrogen (secondary N) is 2. The van der Waals surface area contributed by atoms with Crippen LogP contribution in [0.2, 0.25) is 0 Å². The maximum absolute atomic E-state index is 13.1. The Morgan fingerprint density at radius 2 is 1.97 bits per heavy atom. The van der Waals surface area contributed by atoms with E-state index in [0.717, 1.165) is 47.6 Å². The van der Waals surface area contributed by atoms with E-state index in [1.54, 1.807) is 18.9 Å². The maximum Gasteiger partial charge on any atom is 0.355 e. The van der Waals surface area contributed by atoms with Crippen molar-refractivity contribution in [1.29, 1.82) is 0 Å². The summed E-state index contributed by atoms with van der Waals surface area (Å²) in [7, 11) is 1.62. The van der Waals surface area contributed by atoms with E-state index in [1.165, 1.54) is 0 Å². The van der Waals surface area contributed by atoms with Crippen LogP contribution in [0.25, 0.3) is 0 Å². The molecule has 1 saturated heterocycles. The van der Waals surface area contributed by atoms with E-state index in [1.807, 2.05) is 38.1 Å². The van der Waals surface area contributed by atoms with Crippen LogP contribution in [0.15, 0.2) is 24.3 Å². The summed E-state index contributed by atoms with van der Waals surface area (Å²) in [5.41, 5.74) is 3.97. The fraction of sp³-hybridized carbons (Fsp3) is 0.500. The van der Waals surface area contributed by atoms with Gasteiger partial charge in [0.1, 0.15) is 11.4 Å². The fourth-order valence-corrected chi connectivity index (χ4v) is 3.89. The molecule has 2 N–H and O–H groups in total. The van der Waals surface area contributed by atoms with Crippen molar-refractivity contribution in [3.8, 4) is 5.75 Å². The molecule has 0 radical (unpaired) electrons. The predicted molar refractivity (Wildman–Crippen MR) is 121 cm³/mol. The van der Waals surface area contributed by atoms with Gasteiger partial charge in [-0.15, -0.1) is 0 Å². The average Bonchev–Trinajstić information content (AvgIpc) is 3.41. The van der Waals surface area contributed by atoms with Crippen LogP contribution in [0, 0.1) is 13.8 Å². The number of hydrogen-bond acceptors (Lipinski definition) is 5. The van der Waals surface area contributed by atoms with Crippen molar-refractivity contribution < 1.29 is 23.8 Å². The van der Waals surface area contributed by atoms with Crippen LogP contribution in [0.3, 0.4) is 0 Å². The van der Waals surface area contributed by atoms with Crippen molar-refractivity contribution in [2.75, 3.05) is 26.9 Å². The van der Waals surface area contributed by atoms with Gasteiger partial charge in [-0.3, -0.25) is 0 Å². The molecule has 1 aliphatic rings. The van der Waals surface area contributed by atoms with Crippen molar-refractivity contribution in [3.05, 3.63) is 52.3 Å². The molecular formula is C24H33N3O5. The van der Waals surface area contributed by atoms with Crippen LogP contribution < -0.4 is 10.1 Å². The molecule has 0 saturated carbocycles. The van der Waals surface area contributed by atoms with Crippen molar-refractivity contribution in [1.82, 2.24) is 15.2 Å². The zero-order valence-electron chi connectivity index (χ0n) is 19.3. The molecule has 32 heavy (non-hydrogen) atoms. The van der Waals surface area contributed by atoms with Gasteiger partial charge in [0.2, 0.25) is 0 Å². The molecule has 8 nitrogen and oxygen atoms in total. The molecule has 0 spiro atoms. The van der Waals surface area contributed by atoms with Gasteiger partial charge < -0.3 is 29.4 Å². The summed E-state index contributed by atoms with van der Waals surface area (Å²) in [6.45, 7) is 7.87. The second-order valence-electron chi connectivity index (χ2n) is 7.97. The summed E-state index contributed by atoms with van der Waals surface area (Å²) in [5, 5.41) is 3.01. The van der Waals surface area contributed by atoms with Gasteiger partial charge in [-0.2, -0.15) is 0 Å². The molecule has 0 aliphatic carbocycles. The highest BCUT2D eigenvalue weighted by molar-refractivity contribution is 5.89. The number of methoxy groups -OCH3 is 1. The number of carbonyl (C=O) groups excluding carboxylic acids is 2. The van der Waals surface area contributed by atoms with Crippen LogP contribution in [0.5, 0.6) is 5.75 Å². The quantitative estimate of drug-likeness (QED) is 0.577.